The zero-order valence-electron chi connectivity index (χ0n) is 9.56. The molecule has 96 valence electrons. The summed E-state index contributed by atoms with van der Waals surface area (Å²) in [6, 6.07) is 2.25. The smallest absolute Gasteiger partial charge is 0.491 e. The minimum atomic E-state index is -5.11. The highest BCUT2D eigenvalue weighted by Gasteiger charge is 2.26. The molecule has 17 heavy (non-hydrogen) atoms. The van der Waals surface area contributed by atoms with Crippen LogP contribution in [0, 0.1) is 5.82 Å². The molecule has 0 spiro atoms. The molecule has 0 aromatic heterocycles. The third-order valence-electron chi connectivity index (χ3n) is 2.34. The van der Waals surface area contributed by atoms with Gasteiger partial charge in [0.1, 0.15) is 0 Å². The predicted octanol–water partition coefficient (Wildman–Crippen LogP) is 3.45. The van der Waals surface area contributed by atoms with E-state index in [1.54, 1.807) is 0 Å². The van der Waals surface area contributed by atoms with Crippen molar-refractivity contribution in [2.24, 2.45) is 0 Å². The maximum atomic E-state index is 13.2. The SMILES string of the molecule is CCCCCOc1cc([B-](F)(F)F)ccc1F. The Morgan fingerprint density at radius 3 is 2.47 bits per heavy atom. The summed E-state index contributed by atoms with van der Waals surface area (Å²) in [5, 5.41) is 0. The van der Waals surface area contributed by atoms with Crippen LogP contribution in [0.1, 0.15) is 26.2 Å². The number of halogens is 4. The highest BCUT2D eigenvalue weighted by atomic mass is 19.4. The van der Waals surface area contributed by atoms with Gasteiger partial charge in [0, 0.05) is 0 Å². The van der Waals surface area contributed by atoms with Crippen LogP contribution in [0.15, 0.2) is 18.2 Å². The van der Waals surface area contributed by atoms with Crippen molar-refractivity contribution in [1.29, 1.82) is 0 Å². The molecule has 0 aliphatic heterocycles. The first-order valence-corrected chi connectivity index (χ1v) is 5.57. The molecule has 0 aliphatic carbocycles. The first-order chi connectivity index (χ1) is 7.95. The molecule has 1 aromatic rings. The fourth-order valence-corrected chi connectivity index (χ4v) is 1.37. The van der Waals surface area contributed by atoms with E-state index in [0.29, 0.717) is 6.42 Å². The maximum Gasteiger partial charge on any atom is 0.509 e. The van der Waals surface area contributed by atoms with Crippen molar-refractivity contribution in [3.63, 3.8) is 0 Å². The summed E-state index contributed by atoms with van der Waals surface area (Å²) >= 11 is 0. The number of unbranched alkanes of at least 4 members (excludes halogenated alkanes) is 2. The molecule has 0 N–H and O–H groups in total. The molecule has 1 nitrogen and oxygen atoms in total. The molecule has 0 bridgehead atoms. The van der Waals surface area contributed by atoms with E-state index in [0.717, 1.165) is 31.0 Å². The number of hydrogen-bond donors (Lipinski definition) is 0. The average Bonchev–Trinajstić information content (AvgIpc) is 2.25. The van der Waals surface area contributed by atoms with Gasteiger partial charge in [0.25, 0.3) is 0 Å². The van der Waals surface area contributed by atoms with E-state index in [2.05, 4.69) is 0 Å². The van der Waals surface area contributed by atoms with Gasteiger partial charge >= 0.3 is 6.98 Å². The molecule has 1 aromatic carbocycles. The number of rotatable bonds is 6. The Morgan fingerprint density at radius 1 is 1.18 bits per heavy atom. The monoisotopic (exact) mass is 249 g/mol. The Labute approximate surface area is 97.8 Å². The fraction of sp³-hybridized carbons (Fsp3) is 0.455. The van der Waals surface area contributed by atoms with Gasteiger partial charge in [0.15, 0.2) is 11.6 Å². The lowest BCUT2D eigenvalue weighted by molar-refractivity contribution is 0.291. The van der Waals surface area contributed by atoms with Gasteiger partial charge in [0.2, 0.25) is 0 Å². The van der Waals surface area contributed by atoms with Crippen molar-refractivity contribution >= 4 is 12.4 Å². The van der Waals surface area contributed by atoms with Gasteiger partial charge in [-0.3, -0.25) is 0 Å². The summed E-state index contributed by atoms with van der Waals surface area (Å²) in [6.07, 6.45) is 2.58. The zero-order valence-corrected chi connectivity index (χ0v) is 9.56. The number of ether oxygens (including phenoxy) is 1. The van der Waals surface area contributed by atoms with Crippen LogP contribution in [0.5, 0.6) is 5.75 Å². The lowest BCUT2D eigenvalue weighted by Crippen LogP contribution is -2.34. The second-order valence-corrected chi connectivity index (χ2v) is 3.82. The third-order valence-corrected chi connectivity index (χ3v) is 2.34. The third kappa shape index (κ3) is 4.28. The Kier molecular flexibility index (Phi) is 4.84. The quantitative estimate of drug-likeness (QED) is 0.426. The van der Waals surface area contributed by atoms with Crippen LogP contribution >= 0.6 is 0 Å². The highest BCUT2D eigenvalue weighted by Crippen LogP contribution is 2.19. The minimum absolute atomic E-state index is 0.235. The van der Waals surface area contributed by atoms with E-state index in [-0.39, 0.29) is 12.4 Å². The first kappa shape index (κ1) is 13.9. The molecule has 0 saturated heterocycles. The lowest BCUT2D eigenvalue weighted by Gasteiger charge is -2.16. The summed E-state index contributed by atoms with van der Waals surface area (Å²) in [7, 11) is 0. The first-order valence-electron chi connectivity index (χ1n) is 5.57. The van der Waals surface area contributed by atoms with Gasteiger partial charge in [-0.1, -0.05) is 25.8 Å². The average molecular weight is 249 g/mol. The molecule has 0 fully saturated rings. The van der Waals surface area contributed by atoms with Gasteiger partial charge in [-0.25, -0.2) is 4.39 Å². The van der Waals surface area contributed by atoms with Gasteiger partial charge in [0.05, 0.1) is 6.61 Å². The number of benzene rings is 1. The van der Waals surface area contributed by atoms with E-state index in [9.17, 15) is 17.3 Å². The summed E-state index contributed by atoms with van der Waals surface area (Å²) < 4.78 is 55.5. The molecule has 0 radical (unpaired) electrons. The minimum Gasteiger partial charge on any atom is -0.491 e. The van der Waals surface area contributed by atoms with Crippen LogP contribution in [0.25, 0.3) is 0 Å². The van der Waals surface area contributed by atoms with E-state index in [1.807, 2.05) is 6.92 Å². The van der Waals surface area contributed by atoms with Gasteiger partial charge < -0.3 is 17.7 Å². The van der Waals surface area contributed by atoms with E-state index in [4.69, 9.17) is 4.74 Å². The van der Waals surface area contributed by atoms with Crippen molar-refractivity contribution < 1.29 is 22.1 Å². The molecule has 0 aliphatic rings. The van der Waals surface area contributed by atoms with Crippen molar-refractivity contribution in [2.75, 3.05) is 6.61 Å². The Bertz CT molecular complexity index is 365. The molecule has 0 unspecified atom stereocenters. The van der Waals surface area contributed by atoms with Crippen molar-refractivity contribution in [2.45, 2.75) is 26.2 Å². The highest BCUT2D eigenvalue weighted by molar-refractivity contribution is 6.73. The standard InChI is InChI=1S/C11H14BF4O/c1-2-3-4-7-17-11-8-9(12(14,15)16)5-6-10(11)13/h5-6,8H,2-4,7H2,1H3/q-1. The molecule has 0 atom stereocenters. The molecule has 6 heteroatoms. The van der Waals surface area contributed by atoms with Crippen LogP contribution < -0.4 is 10.2 Å². The number of hydrogen-bond acceptors (Lipinski definition) is 1. The topological polar surface area (TPSA) is 9.23 Å². The largest absolute Gasteiger partial charge is 0.509 e. The summed E-state index contributed by atoms with van der Waals surface area (Å²) in [5.41, 5.74) is -0.836. The summed E-state index contributed by atoms with van der Waals surface area (Å²) in [4.78, 5) is 0. The summed E-state index contributed by atoms with van der Waals surface area (Å²) in [6.45, 7) is -2.88. The molecule has 0 heterocycles. The second-order valence-electron chi connectivity index (χ2n) is 3.82. The van der Waals surface area contributed by atoms with Crippen molar-refractivity contribution in [3.8, 4) is 5.75 Å². The summed E-state index contributed by atoms with van der Waals surface area (Å²) in [5.74, 6) is -1.08. The zero-order chi connectivity index (χ0) is 12.9. The van der Waals surface area contributed by atoms with Gasteiger partial charge in [-0.05, 0) is 18.6 Å². The normalized spacial score (nSPS) is 11.6. The molecule has 0 saturated carbocycles. The Hall–Kier alpha value is -1.20. The van der Waals surface area contributed by atoms with Crippen molar-refractivity contribution in [1.82, 2.24) is 0 Å². The van der Waals surface area contributed by atoms with Crippen LogP contribution in [0.2, 0.25) is 0 Å². The predicted molar refractivity (Wildman–Crippen MR) is 60.1 cm³/mol. The van der Waals surface area contributed by atoms with Gasteiger partial charge in [-0.2, -0.15) is 0 Å². The van der Waals surface area contributed by atoms with Crippen LogP contribution in [-0.2, 0) is 0 Å². The molecule has 0 amide bonds. The van der Waals surface area contributed by atoms with Crippen LogP contribution in [-0.4, -0.2) is 13.6 Å². The Morgan fingerprint density at radius 2 is 1.88 bits per heavy atom. The van der Waals surface area contributed by atoms with Crippen LogP contribution in [0.3, 0.4) is 0 Å². The van der Waals surface area contributed by atoms with E-state index in [1.165, 1.54) is 0 Å². The second kappa shape index (κ2) is 5.93. The van der Waals surface area contributed by atoms with Crippen LogP contribution in [0.4, 0.5) is 17.3 Å². The Balaban J connectivity index is 2.70. The van der Waals surface area contributed by atoms with E-state index < -0.39 is 18.3 Å². The maximum absolute atomic E-state index is 13.2. The molecular formula is C11H14BF4O-. The fourth-order valence-electron chi connectivity index (χ4n) is 1.37. The lowest BCUT2D eigenvalue weighted by atomic mass is 9.80. The van der Waals surface area contributed by atoms with Crippen molar-refractivity contribution in [3.05, 3.63) is 24.0 Å². The van der Waals surface area contributed by atoms with E-state index >= 15 is 0 Å². The molecule has 1 rings (SSSR count). The molecular weight excluding hydrogens is 235 g/mol. The van der Waals surface area contributed by atoms with Gasteiger partial charge in [-0.15, -0.1) is 5.46 Å².